The monoisotopic (exact) mass is 390 g/mol. The number of imidazole rings is 1. The third kappa shape index (κ3) is 3.15. The summed E-state index contributed by atoms with van der Waals surface area (Å²) in [6, 6.07) is 20.1. The average Bonchev–Trinajstić information content (AvgIpc) is 3.29. The lowest BCUT2D eigenvalue weighted by molar-refractivity contribution is -0.113. The molecule has 0 aliphatic heterocycles. The maximum atomic E-state index is 12.3. The van der Waals surface area contributed by atoms with Crippen molar-refractivity contribution in [2.75, 3.05) is 11.1 Å². The highest BCUT2D eigenvalue weighted by molar-refractivity contribution is 7.99. The lowest BCUT2D eigenvalue weighted by Crippen LogP contribution is -2.13. The lowest BCUT2D eigenvalue weighted by atomic mass is 10.1. The van der Waals surface area contributed by atoms with E-state index in [1.54, 1.807) is 0 Å². The summed E-state index contributed by atoms with van der Waals surface area (Å²) < 4.78 is 1.06. The number of nitrogens with one attached hydrogen (secondary N) is 2. The molecule has 0 saturated carbocycles. The van der Waals surface area contributed by atoms with Crippen LogP contribution in [0.25, 0.3) is 32.0 Å². The SMILES string of the molecule is O=C(CSc1nc2ccccc2[nH]1)Nc1nc2c(ccc3ccccc32)s1. The molecule has 5 nitrogen and oxygen atoms in total. The molecule has 0 radical (unpaired) electrons. The van der Waals surface area contributed by atoms with Crippen LogP contribution in [-0.4, -0.2) is 26.6 Å². The van der Waals surface area contributed by atoms with Gasteiger partial charge in [0.1, 0.15) is 0 Å². The van der Waals surface area contributed by atoms with Gasteiger partial charge in [-0.25, -0.2) is 9.97 Å². The molecule has 0 fully saturated rings. The van der Waals surface area contributed by atoms with Crippen LogP contribution in [-0.2, 0) is 4.79 Å². The van der Waals surface area contributed by atoms with E-state index in [2.05, 4.69) is 38.5 Å². The number of H-pyrrole nitrogens is 1. The molecule has 0 unspecified atom stereocenters. The maximum Gasteiger partial charge on any atom is 0.236 e. The van der Waals surface area contributed by atoms with Crippen LogP contribution < -0.4 is 5.32 Å². The summed E-state index contributed by atoms with van der Waals surface area (Å²) in [4.78, 5) is 24.6. The number of carbonyl (C=O) groups is 1. The summed E-state index contributed by atoms with van der Waals surface area (Å²) >= 11 is 2.87. The molecule has 5 rings (SSSR count). The van der Waals surface area contributed by atoms with Gasteiger partial charge in [-0.2, -0.15) is 0 Å². The molecule has 0 saturated heterocycles. The maximum absolute atomic E-state index is 12.3. The van der Waals surface area contributed by atoms with Gasteiger partial charge in [0.25, 0.3) is 0 Å². The van der Waals surface area contributed by atoms with E-state index >= 15 is 0 Å². The molecular formula is C20H14N4OS2. The van der Waals surface area contributed by atoms with Gasteiger partial charge in [0.15, 0.2) is 10.3 Å². The predicted octanol–water partition coefficient (Wildman–Crippen LogP) is 5.06. The highest BCUT2D eigenvalue weighted by Crippen LogP contribution is 2.31. The Hall–Kier alpha value is -2.90. The summed E-state index contributed by atoms with van der Waals surface area (Å²) in [7, 11) is 0. The second-order valence-electron chi connectivity index (χ2n) is 6.05. The fourth-order valence-electron chi connectivity index (χ4n) is 3.00. The number of aromatic amines is 1. The Morgan fingerprint density at radius 2 is 1.89 bits per heavy atom. The van der Waals surface area contributed by atoms with Gasteiger partial charge in [0.05, 0.1) is 27.0 Å². The van der Waals surface area contributed by atoms with Crippen LogP contribution >= 0.6 is 23.1 Å². The fourth-order valence-corrected chi connectivity index (χ4v) is 4.59. The van der Waals surface area contributed by atoms with E-state index in [4.69, 9.17) is 0 Å². The fraction of sp³-hybridized carbons (Fsp3) is 0.0500. The predicted molar refractivity (Wildman–Crippen MR) is 113 cm³/mol. The van der Waals surface area contributed by atoms with E-state index in [-0.39, 0.29) is 11.7 Å². The molecule has 0 spiro atoms. The normalized spacial score (nSPS) is 11.4. The van der Waals surface area contributed by atoms with Crippen LogP contribution in [0.2, 0.25) is 0 Å². The number of rotatable bonds is 4. The van der Waals surface area contributed by atoms with Crippen molar-refractivity contribution in [2.45, 2.75) is 5.16 Å². The summed E-state index contributed by atoms with van der Waals surface area (Å²) in [5.41, 5.74) is 2.80. The first-order valence-electron chi connectivity index (χ1n) is 8.42. The van der Waals surface area contributed by atoms with E-state index in [1.807, 2.05) is 42.5 Å². The van der Waals surface area contributed by atoms with E-state index in [0.717, 1.165) is 37.2 Å². The number of amides is 1. The van der Waals surface area contributed by atoms with Crippen LogP contribution in [0.15, 0.2) is 65.8 Å². The molecule has 7 heteroatoms. The lowest BCUT2D eigenvalue weighted by Gasteiger charge is -1.99. The Morgan fingerprint density at radius 1 is 1.04 bits per heavy atom. The van der Waals surface area contributed by atoms with Gasteiger partial charge in [0.2, 0.25) is 5.91 Å². The second kappa shape index (κ2) is 6.68. The number of benzene rings is 3. The minimum absolute atomic E-state index is 0.0937. The number of hydrogen-bond acceptors (Lipinski definition) is 5. The zero-order chi connectivity index (χ0) is 18.2. The van der Waals surface area contributed by atoms with Crippen molar-refractivity contribution in [1.82, 2.24) is 15.0 Å². The summed E-state index contributed by atoms with van der Waals surface area (Å²) in [6.45, 7) is 0. The number of aromatic nitrogens is 3. The van der Waals surface area contributed by atoms with Crippen molar-refractivity contribution in [2.24, 2.45) is 0 Å². The number of anilines is 1. The molecule has 5 aromatic rings. The molecule has 0 bridgehead atoms. The molecule has 2 aromatic heterocycles. The quantitative estimate of drug-likeness (QED) is 0.421. The van der Waals surface area contributed by atoms with Crippen LogP contribution in [0.3, 0.4) is 0 Å². The molecule has 0 aliphatic rings. The van der Waals surface area contributed by atoms with Crippen molar-refractivity contribution in [3.63, 3.8) is 0 Å². The molecular weight excluding hydrogens is 376 g/mol. The Morgan fingerprint density at radius 3 is 2.81 bits per heavy atom. The van der Waals surface area contributed by atoms with Crippen LogP contribution in [0.4, 0.5) is 5.13 Å². The molecule has 2 N–H and O–H groups in total. The number of para-hydroxylation sites is 2. The molecule has 2 heterocycles. The molecule has 27 heavy (non-hydrogen) atoms. The number of fused-ring (bicyclic) bond motifs is 4. The van der Waals surface area contributed by atoms with E-state index in [9.17, 15) is 4.79 Å². The smallest absolute Gasteiger partial charge is 0.236 e. The molecule has 3 aromatic carbocycles. The highest BCUT2D eigenvalue weighted by atomic mass is 32.2. The van der Waals surface area contributed by atoms with Gasteiger partial charge >= 0.3 is 0 Å². The van der Waals surface area contributed by atoms with Gasteiger partial charge in [-0.3, -0.25) is 4.79 Å². The summed E-state index contributed by atoms with van der Waals surface area (Å²) in [5, 5.41) is 6.51. The standard InChI is InChI=1S/C20H14N4OS2/c25-17(11-26-19-21-14-7-3-4-8-15(14)22-19)23-20-24-18-13-6-2-1-5-12(13)9-10-16(18)27-20/h1-10H,11H2,(H,21,22)(H,23,24,25). The van der Waals surface area contributed by atoms with Gasteiger partial charge in [-0.05, 0) is 23.6 Å². The van der Waals surface area contributed by atoms with Crippen LogP contribution in [0, 0.1) is 0 Å². The first kappa shape index (κ1) is 16.3. The number of thiazole rings is 1. The first-order valence-corrected chi connectivity index (χ1v) is 10.2. The van der Waals surface area contributed by atoms with Crippen molar-refractivity contribution in [1.29, 1.82) is 0 Å². The number of hydrogen-bond donors (Lipinski definition) is 2. The van der Waals surface area contributed by atoms with Gasteiger partial charge in [-0.1, -0.05) is 65.6 Å². The molecule has 132 valence electrons. The van der Waals surface area contributed by atoms with Crippen LogP contribution in [0.5, 0.6) is 0 Å². The number of nitrogens with zero attached hydrogens (tertiary/aromatic N) is 2. The number of thioether (sulfide) groups is 1. The molecule has 0 atom stereocenters. The Balaban J connectivity index is 1.32. The van der Waals surface area contributed by atoms with E-state index < -0.39 is 0 Å². The summed E-state index contributed by atoms with van der Waals surface area (Å²) in [6.07, 6.45) is 0. The molecule has 1 amide bonds. The Kier molecular flexibility index (Phi) is 4.03. The van der Waals surface area contributed by atoms with Gasteiger partial charge in [-0.15, -0.1) is 0 Å². The third-order valence-corrected chi connectivity index (χ3v) is 6.05. The largest absolute Gasteiger partial charge is 0.333 e. The first-order chi connectivity index (χ1) is 13.3. The molecule has 0 aliphatic carbocycles. The average molecular weight is 390 g/mol. The van der Waals surface area contributed by atoms with Crippen LogP contribution in [0.1, 0.15) is 0 Å². The number of carbonyl (C=O) groups excluding carboxylic acids is 1. The second-order valence-corrected chi connectivity index (χ2v) is 8.04. The zero-order valence-electron chi connectivity index (χ0n) is 14.1. The van der Waals surface area contributed by atoms with Crippen molar-refractivity contribution in [3.8, 4) is 0 Å². The zero-order valence-corrected chi connectivity index (χ0v) is 15.7. The highest BCUT2D eigenvalue weighted by Gasteiger charge is 2.11. The van der Waals surface area contributed by atoms with Crippen molar-refractivity contribution in [3.05, 3.63) is 60.7 Å². The third-order valence-electron chi connectivity index (χ3n) is 4.24. The van der Waals surface area contributed by atoms with E-state index in [1.165, 1.54) is 23.1 Å². The van der Waals surface area contributed by atoms with Crippen molar-refractivity contribution < 1.29 is 4.79 Å². The van der Waals surface area contributed by atoms with Crippen molar-refractivity contribution >= 4 is 66.2 Å². The topological polar surface area (TPSA) is 70.7 Å². The minimum atomic E-state index is -0.0937. The van der Waals surface area contributed by atoms with Gasteiger partial charge in [0, 0.05) is 5.39 Å². The minimum Gasteiger partial charge on any atom is -0.333 e. The summed E-state index contributed by atoms with van der Waals surface area (Å²) in [5.74, 6) is 0.181. The van der Waals surface area contributed by atoms with E-state index in [0.29, 0.717) is 5.13 Å². The Labute approximate surface area is 162 Å². The Bertz CT molecular complexity index is 1260. The van der Waals surface area contributed by atoms with Gasteiger partial charge < -0.3 is 10.3 Å².